The first kappa shape index (κ1) is 14.6. The van der Waals surface area contributed by atoms with E-state index in [1.807, 2.05) is 0 Å². The van der Waals surface area contributed by atoms with Gasteiger partial charge in [0.25, 0.3) is 0 Å². The number of rotatable bonds is 5. The summed E-state index contributed by atoms with van der Waals surface area (Å²) in [5.74, 6) is -1.51. The number of urea groups is 1. The van der Waals surface area contributed by atoms with Crippen molar-refractivity contribution in [2.24, 2.45) is 5.92 Å². The van der Waals surface area contributed by atoms with Crippen molar-refractivity contribution in [2.45, 2.75) is 25.3 Å². The highest BCUT2D eigenvalue weighted by Crippen LogP contribution is 2.34. The first-order valence-corrected chi connectivity index (χ1v) is 6.58. The van der Waals surface area contributed by atoms with E-state index in [-0.39, 0.29) is 23.0 Å². The van der Waals surface area contributed by atoms with Gasteiger partial charge in [0.15, 0.2) is 5.82 Å². The third-order valence-corrected chi connectivity index (χ3v) is 3.39. The molecule has 1 aliphatic carbocycles. The molecule has 5 nitrogen and oxygen atoms in total. The standard InChI is InChI=1S/C13H14ClFN2O3/c14-8-2-1-3-9(12(8)15)16-13(20)17-10(6-11(18)19)7-4-5-7/h1-3,7,10H,4-6H2,(H,18,19)(H2,16,17,20). The molecule has 1 aromatic carbocycles. The Hall–Kier alpha value is -1.82. The molecule has 0 heterocycles. The Kier molecular flexibility index (Phi) is 4.44. The van der Waals surface area contributed by atoms with Gasteiger partial charge in [-0.15, -0.1) is 0 Å². The zero-order chi connectivity index (χ0) is 14.7. The lowest BCUT2D eigenvalue weighted by molar-refractivity contribution is -0.137. The normalized spacial score (nSPS) is 15.5. The number of amides is 2. The smallest absolute Gasteiger partial charge is 0.319 e. The number of anilines is 1. The summed E-state index contributed by atoms with van der Waals surface area (Å²) in [5.41, 5.74) is -0.0418. The average Bonchev–Trinajstić information content (AvgIpc) is 3.17. The van der Waals surface area contributed by atoms with Crippen LogP contribution in [0.25, 0.3) is 0 Å². The van der Waals surface area contributed by atoms with Crippen molar-refractivity contribution < 1.29 is 19.1 Å². The molecular weight excluding hydrogens is 287 g/mol. The van der Waals surface area contributed by atoms with Gasteiger partial charge >= 0.3 is 12.0 Å². The van der Waals surface area contributed by atoms with Crippen LogP contribution < -0.4 is 10.6 Å². The van der Waals surface area contributed by atoms with Gasteiger partial charge in [0.1, 0.15) is 0 Å². The Morgan fingerprint density at radius 2 is 2.15 bits per heavy atom. The minimum Gasteiger partial charge on any atom is -0.481 e. The van der Waals surface area contributed by atoms with Crippen molar-refractivity contribution in [3.05, 3.63) is 29.0 Å². The Morgan fingerprint density at radius 3 is 2.75 bits per heavy atom. The van der Waals surface area contributed by atoms with E-state index in [9.17, 15) is 14.0 Å². The number of benzene rings is 1. The SMILES string of the molecule is O=C(O)CC(NC(=O)Nc1cccc(Cl)c1F)C1CC1. The summed E-state index contributed by atoms with van der Waals surface area (Å²) in [5, 5.41) is 13.6. The number of carboxylic acid groups (broad SMARTS) is 1. The van der Waals surface area contributed by atoms with E-state index in [1.165, 1.54) is 18.2 Å². The van der Waals surface area contributed by atoms with Gasteiger partial charge in [-0.1, -0.05) is 17.7 Å². The summed E-state index contributed by atoms with van der Waals surface area (Å²) in [7, 11) is 0. The van der Waals surface area contributed by atoms with Gasteiger partial charge < -0.3 is 15.7 Å². The highest BCUT2D eigenvalue weighted by molar-refractivity contribution is 6.31. The third-order valence-electron chi connectivity index (χ3n) is 3.10. The van der Waals surface area contributed by atoms with E-state index in [4.69, 9.17) is 16.7 Å². The number of hydrogen-bond donors (Lipinski definition) is 3. The highest BCUT2D eigenvalue weighted by atomic mass is 35.5. The molecule has 1 aliphatic rings. The first-order valence-electron chi connectivity index (χ1n) is 6.20. The van der Waals surface area contributed by atoms with Crippen molar-refractivity contribution in [1.29, 1.82) is 0 Å². The quantitative estimate of drug-likeness (QED) is 0.782. The van der Waals surface area contributed by atoms with Crippen LogP contribution in [0.2, 0.25) is 5.02 Å². The Morgan fingerprint density at radius 1 is 1.45 bits per heavy atom. The van der Waals surface area contributed by atoms with Gasteiger partial charge in [-0.3, -0.25) is 4.79 Å². The van der Waals surface area contributed by atoms with Gasteiger partial charge in [0.2, 0.25) is 0 Å². The topological polar surface area (TPSA) is 78.4 Å². The van der Waals surface area contributed by atoms with Crippen LogP contribution in [0.5, 0.6) is 0 Å². The number of halogens is 2. The van der Waals surface area contributed by atoms with Crippen molar-refractivity contribution in [1.82, 2.24) is 5.32 Å². The summed E-state index contributed by atoms with van der Waals surface area (Å²) in [6.45, 7) is 0. The number of carbonyl (C=O) groups excluding carboxylic acids is 1. The third kappa shape index (κ3) is 3.84. The van der Waals surface area contributed by atoms with Crippen LogP contribution in [0.15, 0.2) is 18.2 Å². The second-order valence-corrected chi connectivity index (χ2v) is 5.15. The van der Waals surface area contributed by atoms with Crippen LogP contribution >= 0.6 is 11.6 Å². The highest BCUT2D eigenvalue weighted by Gasteiger charge is 2.33. The Balaban J connectivity index is 1.97. The largest absolute Gasteiger partial charge is 0.481 e. The van der Waals surface area contributed by atoms with Gasteiger partial charge in [0, 0.05) is 6.04 Å². The molecular formula is C13H14ClFN2O3. The lowest BCUT2D eigenvalue weighted by atomic mass is 10.1. The Bertz CT molecular complexity index is 534. The predicted molar refractivity (Wildman–Crippen MR) is 72.3 cm³/mol. The first-order chi connectivity index (χ1) is 9.47. The van der Waals surface area contributed by atoms with E-state index < -0.39 is 23.9 Å². The van der Waals surface area contributed by atoms with Crippen molar-refractivity contribution in [3.8, 4) is 0 Å². The molecule has 0 saturated heterocycles. The molecule has 0 aliphatic heterocycles. The van der Waals surface area contributed by atoms with E-state index in [0.29, 0.717) is 0 Å². The summed E-state index contributed by atoms with van der Waals surface area (Å²) in [6.07, 6.45) is 1.64. The molecule has 0 bridgehead atoms. The molecule has 0 aromatic heterocycles. The van der Waals surface area contributed by atoms with Crippen LogP contribution in [0.4, 0.5) is 14.9 Å². The van der Waals surface area contributed by atoms with Gasteiger partial charge in [0.05, 0.1) is 17.1 Å². The molecule has 0 spiro atoms. The summed E-state index contributed by atoms with van der Waals surface area (Å²) >= 11 is 5.61. The molecule has 1 fully saturated rings. The summed E-state index contributed by atoms with van der Waals surface area (Å²) < 4.78 is 13.6. The van der Waals surface area contributed by atoms with Crippen LogP contribution in [-0.4, -0.2) is 23.1 Å². The molecule has 0 radical (unpaired) electrons. The van der Waals surface area contributed by atoms with Gasteiger partial charge in [-0.05, 0) is 30.9 Å². The molecule has 2 amide bonds. The lowest BCUT2D eigenvalue weighted by Gasteiger charge is -2.17. The second kappa shape index (κ2) is 6.09. The fourth-order valence-electron chi connectivity index (χ4n) is 1.95. The molecule has 1 unspecified atom stereocenters. The molecule has 1 atom stereocenters. The van der Waals surface area contributed by atoms with Gasteiger partial charge in [-0.2, -0.15) is 0 Å². The fourth-order valence-corrected chi connectivity index (χ4v) is 2.12. The lowest BCUT2D eigenvalue weighted by Crippen LogP contribution is -2.40. The molecule has 20 heavy (non-hydrogen) atoms. The maximum Gasteiger partial charge on any atom is 0.319 e. The number of nitrogens with one attached hydrogen (secondary N) is 2. The average molecular weight is 301 g/mol. The molecule has 1 saturated carbocycles. The summed E-state index contributed by atoms with van der Waals surface area (Å²) in [4.78, 5) is 22.5. The van der Waals surface area contributed by atoms with Crippen molar-refractivity contribution in [3.63, 3.8) is 0 Å². The number of aliphatic carboxylic acids is 1. The van der Waals surface area contributed by atoms with Crippen LogP contribution in [0.1, 0.15) is 19.3 Å². The van der Waals surface area contributed by atoms with E-state index >= 15 is 0 Å². The number of carbonyl (C=O) groups is 2. The molecule has 2 rings (SSSR count). The number of hydrogen-bond acceptors (Lipinski definition) is 2. The zero-order valence-corrected chi connectivity index (χ0v) is 11.3. The maximum atomic E-state index is 13.6. The minimum absolute atomic E-state index is 0.0418. The number of carboxylic acids is 1. The van der Waals surface area contributed by atoms with E-state index in [1.54, 1.807) is 0 Å². The molecule has 1 aromatic rings. The predicted octanol–water partition coefficient (Wildman–Crippen LogP) is 2.85. The monoisotopic (exact) mass is 300 g/mol. The second-order valence-electron chi connectivity index (χ2n) is 4.74. The summed E-state index contributed by atoms with van der Waals surface area (Å²) in [6, 6.07) is 3.19. The van der Waals surface area contributed by atoms with Crippen molar-refractivity contribution in [2.75, 3.05) is 5.32 Å². The van der Waals surface area contributed by atoms with Gasteiger partial charge in [-0.25, -0.2) is 9.18 Å². The Labute approximate surface area is 120 Å². The maximum absolute atomic E-state index is 13.6. The molecule has 7 heteroatoms. The van der Waals surface area contributed by atoms with E-state index in [2.05, 4.69) is 10.6 Å². The van der Waals surface area contributed by atoms with Crippen LogP contribution in [0.3, 0.4) is 0 Å². The zero-order valence-electron chi connectivity index (χ0n) is 10.5. The molecule has 3 N–H and O–H groups in total. The van der Waals surface area contributed by atoms with E-state index in [0.717, 1.165) is 12.8 Å². The minimum atomic E-state index is -0.976. The van der Waals surface area contributed by atoms with Crippen molar-refractivity contribution >= 4 is 29.3 Å². The molecule has 108 valence electrons. The fraction of sp³-hybridized carbons (Fsp3) is 0.385. The van der Waals surface area contributed by atoms with Crippen LogP contribution in [0, 0.1) is 11.7 Å². The van der Waals surface area contributed by atoms with Crippen LogP contribution in [-0.2, 0) is 4.79 Å².